The molecule has 1 unspecified atom stereocenters. The average molecular weight is 353 g/mol. The van der Waals surface area contributed by atoms with Crippen molar-refractivity contribution >= 4 is 21.3 Å². The Labute approximate surface area is 127 Å². The van der Waals surface area contributed by atoms with Crippen LogP contribution in [0.15, 0.2) is 30.3 Å². The van der Waals surface area contributed by atoms with Crippen molar-refractivity contribution in [2.24, 2.45) is 0 Å². The van der Waals surface area contributed by atoms with Crippen molar-refractivity contribution in [3.05, 3.63) is 35.9 Å². The van der Waals surface area contributed by atoms with Crippen LogP contribution in [-0.4, -0.2) is 39.8 Å². The number of benzene rings is 1. The van der Waals surface area contributed by atoms with Gasteiger partial charge in [0.25, 0.3) is 0 Å². The molecule has 11 heteroatoms. The van der Waals surface area contributed by atoms with Crippen LogP contribution in [0, 0.1) is 0 Å². The molecule has 0 aliphatic rings. The predicted molar refractivity (Wildman–Crippen MR) is 77.3 cm³/mol. The van der Waals surface area contributed by atoms with Gasteiger partial charge in [-0.05, 0) is 5.56 Å². The topological polar surface area (TPSA) is 142 Å². The van der Waals surface area contributed by atoms with Crippen molar-refractivity contribution < 1.29 is 37.9 Å². The number of hydrogen-bond acceptors (Lipinski definition) is 5. The second-order valence-electron chi connectivity index (χ2n) is 4.27. The van der Waals surface area contributed by atoms with E-state index in [0.717, 1.165) is 5.56 Å². The van der Waals surface area contributed by atoms with Crippen LogP contribution in [0.5, 0.6) is 0 Å². The van der Waals surface area contributed by atoms with E-state index in [1.165, 1.54) is 0 Å². The van der Waals surface area contributed by atoms with Crippen molar-refractivity contribution in [1.82, 2.24) is 5.32 Å². The smallest absolute Gasteiger partial charge is 0.407 e. The van der Waals surface area contributed by atoms with Gasteiger partial charge in [0.1, 0.15) is 6.61 Å². The zero-order valence-corrected chi connectivity index (χ0v) is 13.3. The molecule has 1 aromatic rings. The molecule has 9 nitrogen and oxygen atoms in total. The molecule has 0 aliphatic heterocycles. The van der Waals surface area contributed by atoms with Gasteiger partial charge in [0.15, 0.2) is 5.90 Å². The molecule has 1 rings (SSSR count). The standard InChI is InChI=1S/C11H17NO8P2/c13-11(19-8-10-4-2-1-3-5-10)12-6-7-20-22(17,18)9-21(14,15)16/h1-5H,6-9H2,(H,12,13)(H,17,18)(H2,14,15,16). The first kappa shape index (κ1) is 18.8. The van der Waals surface area contributed by atoms with Gasteiger partial charge in [-0.3, -0.25) is 9.13 Å². The highest BCUT2D eigenvalue weighted by Crippen LogP contribution is 2.55. The molecule has 0 saturated heterocycles. The maximum atomic E-state index is 11.3. The van der Waals surface area contributed by atoms with Crippen LogP contribution < -0.4 is 5.32 Å². The number of alkyl carbamates (subject to hydrolysis) is 1. The molecule has 124 valence electrons. The van der Waals surface area contributed by atoms with Gasteiger partial charge >= 0.3 is 21.3 Å². The van der Waals surface area contributed by atoms with Crippen molar-refractivity contribution in [3.63, 3.8) is 0 Å². The monoisotopic (exact) mass is 353 g/mol. The summed E-state index contributed by atoms with van der Waals surface area (Å²) >= 11 is 0. The summed E-state index contributed by atoms with van der Waals surface area (Å²) in [6.07, 6.45) is -0.741. The van der Waals surface area contributed by atoms with Gasteiger partial charge in [-0.2, -0.15) is 0 Å². The molecule has 1 atom stereocenters. The normalized spacial score (nSPS) is 14.1. The number of carbonyl (C=O) groups is 1. The first-order chi connectivity index (χ1) is 10.2. The Morgan fingerprint density at radius 1 is 1.14 bits per heavy atom. The minimum atomic E-state index is -4.65. The van der Waals surface area contributed by atoms with E-state index in [1.807, 2.05) is 6.07 Å². The lowest BCUT2D eigenvalue weighted by atomic mass is 10.2. The lowest BCUT2D eigenvalue weighted by Crippen LogP contribution is -2.27. The summed E-state index contributed by atoms with van der Waals surface area (Å²) in [6.45, 7) is -0.447. The van der Waals surface area contributed by atoms with E-state index >= 15 is 0 Å². The molecule has 1 aromatic carbocycles. The van der Waals surface area contributed by atoms with Crippen molar-refractivity contribution in [2.45, 2.75) is 6.61 Å². The molecular weight excluding hydrogens is 336 g/mol. The Kier molecular flexibility index (Phi) is 7.22. The maximum Gasteiger partial charge on any atom is 0.407 e. The first-order valence-corrected chi connectivity index (χ1v) is 9.69. The van der Waals surface area contributed by atoms with Gasteiger partial charge in [0.2, 0.25) is 0 Å². The molecule has 0 aromatic heterocycles. The lowest BCUT2D eigenvalue weighted by molar-refractivity contribution is 0.137. The van der Waals surface area contributed by atoms with Crippen LogP contribution in [0.25, 0.3) is 0 Å². The fraction of sp³-hybridized carbons (Fsp3) is 0.364. The molecule has 0 fully saturated rings. The van der Waals surface area contributed by atoms with Crippen LogP contribution in [0.3, 0.4) is 0 Å². The Morgan fingerprint density at radius 2 is 1.77 bits per heavy atom. The number of hydrogen-bond donors (Lipinski definition) is 4. The fourth-order valence-corrected chi connectivity index (χ4v) is 3.95. The van der Waals surface area contributed by atoms with E-state index in [-0.39, 0.29) is 19.8 Å². The maximum absolute atomic E-state index is 11.3. The lowest BCUT2D eigenvalue weighted by Gasteiger charge is -2.13. The molecule has 0 aliphatic carbocycles. The Hall–Kier alpha value is -1.21. The van der Waals surface area contributed by atoms with E-state index in [9.17, 15) is 13.9 Å². The third kappa shape index (κ3) is 8.94. The minimum Gasteiger partial charge on any atom is -0.445 e. The Morgan fingerprint density at radius 3 is 2.36 bits per heavy atom. The highest BCUT2D eigenvalue weighted by atomic mass is 31.2. The molecule has 0 heterocycles. The first-order valence-electron chi connectivity index (χ1n) is 6.13. The van der Waals surface area contributed by atoms with Gasteiger partial charge in [-0.25, -0.2) is 4.79 Å². The summed E-state index contributed by atoms with van der Waals surface area (Å²) in [5.74, 6) is -1.27. The predicted octanol–water partition coefficient (Wildman–Crippen LogP) is 1.25. The summed E-state index contributed by atoms with van der Waals surface area (Å²) in [7, 11) is -9.04. The van der Waals surface area contributed by atoms with Gasteiger partial charge in [-0.15, -0.1) is 0 Å². The molecule has 4 N–H and O–H groups in total. The zero-order chi connectivity index (χ0) is 16.6. The second kappa shape index (κ2) is 8.43. The van der Waals surface area contributed by atoms with Crippen LogP contribution in [0.4, 0.5) is 4.79 Å². The van der Waals surface area contributed by atoms with Gasteiger partial charge in [0.05, 0.1) is 6.61 Å². The Balaban J connectivity index is 2.20. The summed E-state index contributed by atoms with van der Waals surface area (Å²) in [6, 6.07) is 8.97. The van der Waals surface area contributed by atoms with Gasteiger partial charge in [0, 0.05) is 6.54 Å². The summed E-state index contributed by atoms with van der Waals surface area (Å²) in [5, 5.41) is 2.28. The molecule has 0 spiro atoms. The van der Waals surface area contributed by atoms with Crippen LogP contribution in [0.1, 0.15) is 5.56 Å². The highest BCUT2D eigenvalue weighted by Gasteiger charge is 2.30. The Bertz CT molecular complexity index is 573. The number of carbonyl (C=O) groups excluding carboxylic acids is 1. The quantitative estimate of drug-likeness (QED) is 0.404. The molecule has 1 amide bonds. The second-order valence-corrected chi connectivity index (χ2v) is 8.26. The number of nitrogens with one attached hydrogen (secondary N) is 1. The SMILES string of the molecule is O=C(NCCOP(=O)(O)CP(=O)(O)O)OCc1ccccc1. The molecule has 0 saturated carbocycles. The number of rotatable bonds is 8. The van der Waals surface area contributed by atoms with E-state index in [4.69, 9.17) is 19.4 Å². The number of ether oxygens (including phenoxy) is 1. The van der Waals surface area contributed by atoms with E-state index in [1.54, 1.807) is 24.3 Å². The van der Waals surface area contributed by atoms with Gasteiger partial charge in [-0.1, -0.05) is 30.3 Å². The molecule has 0 bridgehead atoms. The molecule has 0 radical (unpaired) electrons. The summed E-state index contributed by atoms with van der Waals surface area (Å²) < 4.78 is 31.2. The average Bonchev–Trinajstić information content (AvgIpc) is 2.40. The summed E-state index contributed by atoms with van der Waals surface area (Å²) in [4.78, 5) is 37.7. The largest absolute Gasteiger partial charge is 0.445 e. The van der Waals surface area contributed by atoms with E-state index in [2.05, 4.69) is 9.84 Å². The zero-order valence-electron chi connectivity index (χ0n) is 11.5. The highest BCUT2D eigenvalue weighted by molar-refractivity contribution is 7.70. The minimum absolute atomic E-state index is 0.0736. The third-order valence-electron chi connectivity index (χ3n) is 2.24. The molecule has 22 heavy (non-hydrogen) atoms. The number of amides is 1. The summed E-state index contributed by atoms with van der Waals surface area (Å²) in [5.41, 5.74) is 0.801. The van der Waals surface area contributed by atoms with Crippen molar-refractivity contribution in [2.75, 3.05) is 19.1 Å². The third-order valence-corrected chi connectivity index (χ3v) is 5.73. The van der Waals surface area contributed by atoms with Crippen LogP contribution in [-0.2, 0) is 25.0 Å². The van der Waals surface area contributed by atoms with Crippen molar-refractivity contribution in [3.8, 4) is 0 Å². The molecular formula is C11H17NO8P2. The van der Waals surface area contributed by atoms with Gasteiger partial charge < -0.3 is 29.3 Å². The van der Waals surface area contributed by atoms with Crippen LogP contribution >= 0.6 is 15.2 Å². The van der Waals surface area contributed by atoms with E-state index < -0.39 is 27.2 Å². The fourth-order valence-electron chi connectivity index (χ4n) is 1.39. The van der Waals surface area contributed by atoms with Crippen LogP contribution in [0.2, 0.25) is 0 Å². The van der Waals surface area contributed by atoms with E-state index in [0.29, 0.717) is 0 Å². The van der Waals surface area contributed by atoms with Crippen molar-refractivity contribution in [1.29, 1.82) is 0 Å².